The first-order valence-corrected chi connectivity index (χ1v) is 10.8. The second-order valence-corrected chi connectivity index (χ2v) is 8.40. The van der Waals surface area contributed by atoms with E-state index in [9.17, 15) is 4.79 Å². The Morgan fingerprint density at radius 2 is 1.61 bits per heavy atom. The third-order valence-corrected chi connectivity index (χ3v) is 5.93. The second kappa shape index (κ2) is 8.49. The van der Waals surface area contributed by atoms with E-state index >= 15 is 0 Å². The number of anilines is 1. The SMILES string of the molecule is Cc1cccc(N2CCN(C(=O)Cc3c(C)nn(-c4nc(C)cc(C)n4)c3C)CC2)c1. The minimum absolute atomic E-state index is 0.149. The fraction of sp³-hybridized carbons (Fsp3) is 0.417. The number of piperazine rings is 1. The zero-order chi connectivity index (χ0) is 22.1. The number of rotatable bonds is 4. The molecule has 0 unspecified atom stereocenters. The van der Waals surface area contributed by atoms with Gasteiger partial charge in [-0.2, -0.15) is 5.10 Å². The summed E-state index contributed by atoms with van der Waals surface area (Å²) in [6.45, 7) is 13.1. The molecular formula is C24H30N6O. The molecule has 0 bridgehead atoms. The van der Waals surface area contributed by atoms with Crippen molar-refractivity contribution in [2.24, 2.45) is 0 Å². The normalized spacial score (nSPS) is 14.2. The fourth-order valence-electron chi connectivity index (χ4n) is 4.23. The van der Waals surface area contributed by atoms with Crippen molar-refractivity contribution in [3.05, 3.63) is 64.2 Å². The Kier molecular flexibility index (Phi) is 5.76. The second-order valence-electron chi connectivity index (χ2n) is 8.40. The van der Waals surface area contributed by atoms with Crippen molar-refractivity contribution in [2.75, 3.05) is 31.1 Å². The first-order valence-electron chi connectivity index (χ1n) is 10.8. The van der Waals surface area contributed by atoms with Gasteiger partial charge in [0.2, 0.25) is 5.91 Å². The van der Waals surface area contributed by atoms with Crippen molar-refractivity contribution < 1.29 is 4.79 Å². The molecule has 1 aliphatic rings. The Morgan fingerprint density at radius 1 is 0.935 bits per heavy atom. The van der Waals surface area contributed by atoms with E-state index in [1.807, 2.05) is 38.7 Å². The van der Waals surface area contributed by atoms with Crippen molar-refractivity contribution in [2.45, 2.75) is 41.0 Å². The summed E-state index contributed by atoms with van der Waals surface area (Å²) in [5, 5.41) is 4.63. The molecule has 7 heteroatoms. The summed E-state index contributed by atoms with van der Waals surface area (Å²) in [7, 11) is 0. The molecule has 0 saturated carbocycles. The van der Waals surface area contributed by atoms with Crippen molar-refractivity contribution in [3.63, 3.8) is 0 Å². The van der Waals surface area contributed by atoms with Gasteiger partial charge in [-0.05, 0) is 58.4 Å². The first kappa shape index (κ1) is 21.0. The summed E-state index contributed by atoms with van der Waals surface area (Å²) in [6, 6.07) is 10.5. The predicted molar refractivity (Wildman–Crippen MR) is 122 cm³/mol. The fourth-order valence-corrected chi connectivity index (χ4v) is 4.23. The van der Waals surface area contributed by atoms with Crippen LogP contribution < -0.4 is 4.90 Å². The lowest BCUT2D eigenvalue weighted by atomic mass is 10.1. The van der Waals surface area contributed by atoms with Crippen LogP contribution in [-0.2, 0) is 11.2 Å². The van der Waals surface area contributed by atoms with E-state index < -0.39 is 0 Å². The largest absolute Gasteiger partial charge is 0.368 e. The maximum absolute atomic E-state index is 13.1. The van der Waals surface area contributed by atoms with Crippen LogP contribution in [-0.4, -0.2) is 56.7 Å². The minimum atomic E-state index is 0.149. The lowest BCUT2D eigenvalue weighted by Gasteiger charge is -2.36. The molecule has 0 atom stereocenters. The molecule has 3 heterocycles. The summed E-state index contributed by atoms with van der Waals surface area (Å²) >= 11 is 0. The summed E-state index contributed by atoms with van der Waals surface area (Å²) in [5.74, 6) is 0.708. The predicted octanol–water partition coefficient (Wildman–Crippen LogP) is 3.10. The van der Waals surface area contributed by atoms with Gasteiger partial charge in [-0.3, -0.25) is 4.79 Å². The highest BCUT2D eigenvalue weighted by Gasteiger charge is 2.24. The van der Waals surface area contributed by atoms with Crippen LogP contribution >= 0.6 is 0 Å². The average Bonchev–Trinajstić information content (AvgIpc) is 3.01. The van der Waals surface area contributed by atoms with E-state index in [0.717, 1.165) is 54.5 Å². The monoisotopic (exact) mass is 418 g/mol. The number of carbonyl (C=O) groups excluding carboxylic acids is 1. The molecule has 0 N–H and O–H groups in total. The number of carbonyl (C=O) groups is 1. The highest BCUT2D eigenvalue weighted by atomic mass is 16.2. The Morgan fingerprint density at radius 3 is 2.26 bits per heavy atom. The van der Waals surface area contributed by atoms with Crippen molar-refractivity contribution in [1.82, 2.24) is 24.6 Å². The third-order valence-electron chi connectivity index (χ3n) is 5.93. The molecule has 1 aliphatic heterocycles. The van der Waals surface area contributed by atoms with Gasteiger partial charge in [-0.15, -0.1) is 0 Å². The third kappa shape index (κ3) is 4.45. The van der Waals surface area contributed by atoms with Crippen molar-refractivity contribution in [3.8, 4) is 5.95 Å². The number of amides is 1. The number of hydrogen-bond donors (Lipinski definition) is 0. The first-order chi connectivity index (χ1) is 14.8. The van der Waals surface area contributed by atoms with Gasteiger partial charge < -0.3 is 9.80 Å². The Hall–Kier alpha value is -3.22. The van der Waals surface area contributed by atoms with Crippen LogP contribution in [0.2, 0.25) is 0 Å². The molecule has 4 rings (SSSR count). The van der Waals surface area contributed by atoms with Gasteiger partial charge in [0.1, 0.15) is 0 Å². The molecule has 1 amide bonds. The molecule has 2 aromatic heterocycles. The van der Waals surface area contributed by atoms with Gasteiger partial charge >= 0.3 is 0 Å². The molecule has 1 saturated heterocycles. The van der Waals surface area contributed by atoms with E-state index in [1.54, 1.807) is 4.68 Å². The van der Waals surface area contributed by atoms with Crippen LogP contribution in [0.5, 0.6) is 0 Å². The number of nitrogens with zero attached hydrogens (tertiary/aromatic N) is 6. The van der Waals surface area contributed by atoms with Crippen molar-refractivity contribution >= 4 is 11.6 Å². The molecule has 0 aliphatic carbocycles. The summed E-state index contributed by atoms with van der Waals surface area (Å²) < 4.78 is 1.76. The highest BCUT2D eigenvalue weighted by molar-refractivity contribution is 5.79. The van der Waals surface area contributed by atoms with Gasteiger partial charge in [0.15, 0.2) is 0 Å². The van der Waals surface area contributed by atoms with Gasteiger partial charge in [0, 0.05) is 54.5 Å². The molecule has 3 aromatic rings. The van der Waals surface area contributed by atoms with E-state index in [2.05, 4.69) is 51.2 Å². The number of aromatic nitrogens is 4. The van der Waals surface area contributed by atoms with Gasteiger partial charge in [0.25, 0.3) is 5.95 Å². The Labute approximate surface area is 183 Å². The number of aryl methyl sites for hydroxylation is 4. The van der Waals surface area contributed by atoms with E-state index in [1.165, 1.54) is 11.3 Å². The molecule has 162 valence electrons. The highest BCUT2D eigenvalue weighted by Crippen LogP contribution is 2.20. The summed E-state index contributed by atoms with van der Waals surface area (Å²) in [6.07, 6.45) is 0.354. The van der Waals surface area contributed by atoms with Crippen LogP contribution in [0.4, 0.5) is 5.69 Å². The van der Waals surface area contributed by atoms with Crippen LogP contribution in [0.25, 0.3) is 5.95 Å². The molecular weight excluding hydrogens is 388 g/mol. The summed E-state index contributed by atoms with van der Waals surface area (Å²) in [5.41, 5.74) is 7.04. The standard InChI is InChI=1S/C24H30N6O/c1-16-7-6-8-21(13-16)28-9-11-29(12-10-28)23(31)15-22-19(4)27-30(20(22)5)24-25-17(2)14-18(3)26-24/h6-8,13-14H,9-12,15H2,1-5H3. The lowest BCUT2D eigenvalue weighted by Crippen LogP contribution is -2.49. The van der Waals surface area contributed by atoms with E-state index in [-0.39, 0.29) is 5.91 Å². The Balaban J connectivity index is 1.45. The number of hydrogen-bond acceptors (Lipinski definition) is 5. The minimum Gasteiger partial charge on any atom is -0.368 e. The van der Waals surface area contributed by atoms with Crippen molar-refractivity contribution in [1.29, 1.82) is 0 Å². The summed E-state index contributed by atoms with van der Waals surface area (Å²) in [4.78, 5) is 26.4. The molecule has 1 aromatic carbocycles. The smallest absolute Gasteiger partial charge is 0.251 e. The van der Waals surface area contributed by atoms with Crippen LogP contribution in [0.15, 0.2) is 30.3 Å². The molecule has 7 nitrogen and oxygen atoms in total. The molecule has 0 spiro atoms. The molecule has 31 heavy (non-hydrogen) atoms. The zero-order valence-electron chi connectivity index (χ0n) is 19.0. The zero-order valence-corrected chi connectivity index (χ0v) is 19.0. The van der Waals surface area contributed by atoms with Crippen LogP contribution in [0, 0.1) is 34.6 Å². The Bertz CT molecular complexity index is 1090. The lowest BCUT2D eigenvalue weighted by molar-refractivity contribution is -0.130. The van der Waals surface area contributed by atoms with Crippen LogP contribution in [0.1, 0.15) is 33.9 Å². The quantitative estimate of drug-likeness (QED) is 0.651. The van der Waals surface area contributed by atoms with Gasteiger partial charge in [-0.1, -0.05) is 12.1 Å². The van der Waals surface area contributed by atoms with Gasteiger partial charge in [0.05, 0.1) is 12.1 Å². The maximum Gasteiger partial charge on any atom is 0.251 e. The van der Waals surface area contributed by atoms with Gasteiger partial charge in [-0.25, -0.2) is 14.6 Å². The average molecular weight is 419 g/mol. The van der Waals surface area contributed by atoms with E-state index in [4.69, 9.17) is 0 Å². The number of benzene rings is 1. The topological polar surface area (TPSA) is 67.2 Å². The molecule has 1 fully saturated rings. The maximum atomic E-state index is 13.1. The van der Waals surface area contributed by atoms with Crippen LogP contribution in [0.3, 0.4) is 0 Å². The molecule has 0 radical (unpaired) electrons. The van der Waals surface area contributed by atoms with E-state index in [0.29, 0.717) is 12.4 Å².